The van der Waals surface area contributed by atoms with Gasteiger partial charge in [-0.15, -0.1) is 0 Å². The molecule has 1 saturated carbocycles. The van der Waals surface area contributed by atoms with E-state index in [0.717, 1.165) is 25.7 Å². The minimum Gasteiger partial charge on any atom is -0.480 e. The molecule has 3 amide bonds. The van der Waals surface area contributed by atoms with E-state index in [4.69, 9.17) is 15.9 Å². The molecule has 0 radical (unpaired) electrons. The molecule has 1 aliphatic rings. The van der Waals surface area contributed by atoms with Gasteiger partial charge in [0.1, 0.15) is 6.54 Å². The Balaban J connectivity index is 2.70. The number of aliphatic carboxylic acids is 1. The highest BCUT2D eigenvalue weighted by molar-refractivity contribution is 5.86. The van der Waals surface area contributed by atoms with E-state index < -0.39 is 30.6 Å². The lowest BCUT2D eigenvalue weighted by atomic mass is 10.2. The van der Waals surface area contributed by atoms with Crippen LogP contribution < -0.4 is 11.1 Å². The van der Waals surface area contributed by atoms with E-state index in [1.807, 2.05) is 0 Å². The predicted octanol–water partition coefficient (Wildman–Crippen LogP) is -1.13. The molecule has 0 aliphatic heterocycles. The van der Waals surface area contributed by atoms with Gasteiger partial charge < -0.3 is 26.2 Å². The molecule has 19 heavy (non-hydrogen) atoms. The van der Waals surface area contributed by atoms with Gasteiger partial charge in [-0.2, -0.15) is 0 Å². The van der Waals surface area contributed by atoms with Crippen molar-refractivity contribution >= 4 is 17.9 Å². The maximum atomic E-state index is 12.0. The fourth-order valence-corrected chi connectivity index (χ4v) is 2.17. The quantitative estimate of drug-likeness (QED) is 0.486. The number of rotatable bonds is 6. The summed E-state index contributed by atoms with van der Waals surface area (Å²) in [6, 6.07) is -2.18. The lowest BCUT2D eigenvalue weighted by Gasteiger charge is -2.29. The summed E-state index contributed by atoms with van der Waals surface area (Å²) in [5.74, 6) is -1.99. The molecule has 1 atom stereocenters. The third kappa shape index (κ3) is 4.40. The molecule has 5 N–H and O–H groups in total. The zero-order chi connectivity index (χ0) is 14.4. The smallest absolute Gasteiger partial charge is 0.328 e. The first-order chi connectivity index (χ1) is 8.95. The van der Waals surface area contributed by atoms with E-state index in [9.17, 15) is 14.4 Å². The average molecular weight is 273 g/mol. The van der Waals surface area contributed by atoms with Crippen molar-refractivity contribution in [1.29, 1.82) is 0 Å². The molecule has 8 nitrogen and oxygen atoms in total. The Morgan fingerprint density at radius 3 is 2.32 bits per heavy atom. The maximum absolute atomic E-state index is 12.0. The largest absolute Gasteiger partial charge is 0.480 e. The van der Waals surface area contributed by atoms with Crippen LogP contribution in [0.25, 0.3) is 0 Å². The molecular weight excluding hydrogens is 254 g/mol. The Bertz CT molecular complexity index is 354. The molecule has 1 aliphatic carbocycles. The second-order valence-electron chi connectivity index (χ2n) is 4.56. The number of carbonyl (C=O) groups excluding carboxylic acids is 2. The van der Waals surface area contributed by atoms with Crippen molar-refractivity contribution in [2.75, 3.05) is 13.2 Å². The van der Waals surface area contributed by atoms with Gasteiger partial charge in [-0.3, -0.25) is 4.79 Å². The predicted molar refractivity (Wildman–Crippen MR) is 65.2 cm³/mol. The Morgan fingerprint density at radius 1 is 1.32 bits per heavy atom. The van der Waals surface area contributed by atoms with E-state index in [2.05, 4.69) is 5.32 Å². The van der Waals surface area contributed by atoms with Crippen LogP contribution in [0.15, 0.2) is 0 Å². The third-order valence-electron chi connectivity index (χ3n) is 3.13. The number of hydrogen-bond donors (Lipinski definition) is 4. The molecule has 1 rings (SSSR count). The van der Waals surface area contributed by atoms with E-state index in [0.29, 0.717) is 0 Å². The van der Waals surface area contributed by atoms with Crippen LogP contribution in [-0.4, -0.2) is 58.3 Å². The van der Waals surface area contributed by atoms with Crippen LogP contribution >= 0.6 is 0 Å². The van der Waals surface area contributed by atoms with Gasteiger partial charge in [0, 0.05) is 6.04 Å². The van der Waals surface area contributed by atoms with Crippen LogP contribution in [0.2, 0.25) is 0 Å². The van der Waals surface area contributed by atoms with Crippen molar-refractivity contribution < 1.29 is 24.6 Å². The summed E-state index contributed by atoms with van der Waals surface area (Å²) in [7, 11) is 0. The number of amides is 3. The van der Waals surface area contributed by atoms with Crippen molar-refractivity contribution in [3.63, 3.8) is 0 Å². The fraction of sp³-hybridized carbons (Fsp3) is 0.727. The highest BCUT2D eigenvalue weighted by Crippen LogP contribution is 2.23. The molecule has 0 aromatic heterocycles. The third-order valence-corrected chi connectivity index (χ3v) is 3.13. The molecule has 8 heteroatoms. The highest BCUT2D eigenvalue weighted by Gasteiger charge is 2.30. The summed E-state index contributed by atoms with van der Waals surface area (Å²) in [5.41, 5.74) is 5.10. The number of nitrogens with one attached hydrogen (secondary N) is 1. The molecule has 1 fully saturated rings. The zero-order valence-electron chi connectivity index (χ0n) is 10.5. The molecule has 0 unspecified atom stereocenters. The number of aliphatic hydroxyl groups excluding tert-OH is 1. The minimum atomic E-state index is -1.38. The van der Waals surface area contributed by atoms with Crippen molar-refractivity contribution in [2.24, 2.45) is 5.73 Å². The van der Waals surface area contributed by atoms with E-state index in [1.54, 1.807) is 0 Å². The standard InChI is InChI=1S/C11H19N3O5/c12-9(16)5-14(7-3-1-2-4-7)11(19)13-8(6-15)10(17)18/h7-8,15H,1-6H2,(H2,12,16)(H,13,19)(H,17,18)/t8-/m1/s1. The summed E-state index contributed by atoms with van der Waals surface area (Å²) < 4.78 is 0. The average Bonchev–Trinajstić information content (AvgIpc) is 2.85. The number of nitrogens with zero attached hydrogens (tertiary/aromatic N) is 1. The second-order valence-corrected chi connectivity index (χ2v) is 4.56. The first-order valence-electron chi connectivity index (χ1n) is 6.14. The molecule has 108 valence electrons. The topological polar surface area (TPSA) is 133 Å². The summed E-state index contributed by atoms with van der Waals surface area (Å²) in [6.45, 7) is -0.968. The molecular formula is C11H19N3O5. The summed E-state index contributed by atoms with van der Waals surface area (Å²) in [4.78, 5) is 35.0. The minimum absolute atomic E-state index is 0.111. The van der Waals surface area contributed by atoms with E-state index in [-0.39, 0.29) is 12.6 Å². The Labute approximate surface area is 110 Å². The number of carbonyl (C=O) groups is 3. The normalized spacial score (nSPS) is 16.9. The van der Waals surface area contributed by atoms with Gasteiger partial charge >= 0.3 is 12.0 Å². The number of hydrogen-bond acceptors (Lipinski definition) is 4. The van der Waals surface area contributed by atoms with Crippen LogP contribution in [-0.2, 0) is 9.59 Å². The summed E-state index contributed by atoms with van der Waals surface area (Å²) in [6.07, 6.45) is 3.43. The van der Waals surface area contributed by atoms with Gasteiger partial charge in [-0.05, 0) is 12.8 Å². The molecule has 0 aromatic rings. The number of urea groups is 1. The molecule has 0 bridgehead atoms. The molecule has 0 saturated heterocycles. The van der Waals surface area contributed by atoms with Crippen molar-refractivity contribution in [1.82, 2.24) is 10.2 Å². The Hall–Kier alpha value is -1.83. The molecule has 0 spiro atoms. The first-order valence-corrected chi connectivity index (χ1v) is 6.14. The van der Waals surface area contributed by atoms with Gasteiger partial charge in [0.15, 0.2) is 6.04 Å². The second kappa shape index (κ2) is 6.93. The number of nitrogens with two attached hydrogens (primary N) is 1. The van der Waals surface area contributed by atoms with E-state index >= 15 is 0 Å². The van der Waals surface area contributed by atoms with Crippen LogP contribution in [0.3, 0.4) is 0 Å². The van der Waals surface area contributed by atoms with Gasteiger partial charge in [-0.25, -0.2) is 9.59 Å². The van der Waals surface area contributed by atoms with E-state index in [1.165, 1.54) is 4.90 Å². The van der Waals surface area contributed by atoms with Crippen LogP contribution in [0.1, 0.15) is 25.7 Å². The van der Waals surface area contributed by atoms with Crippen LogP contribution in [0.5, 0.6) is 0 Å². The lowest BCUT2D eigenvalue weighted by Crippen LogP contribution is -2.54. The Kier molecular flexibility index (Phi) is 5.56. The lowest BCUT2D eigenvalue weighted by molar-refractivity contribution is -0.140. The first kappa shape index (κ1) is 15.2. The number of carboxylic acid groups (broad SMARTS) is 1. The highest BCUT2D eigenvalue weighted by atomic mass is 16.4. The fourth-order valence-electron chi connectivity index (χ4n) is 2.17. The number of carboxylic acids is 1. The molecule has 0 heterocycles. The molecule has 0 aromatic carbocycles. The Morgan fingerprint density at radius 2 is 1.89 bits per heavy atom. The number of aliphatic hydroxyl groups is 1. The summed E-state index contributed by atoms with van der Waals surface area (Å²) in [5, 5.41) is 19.8. The van der Waals surface area contributed by atoms with Crippen molar-refractivity contribution in [3.05, 3.63) is 0 Å². The number of primary amides is 1. The van der Waals surface area contributed by atoms with Gasteiger partial charge in [0.05, 0.1) is 6.61 Å². The van der Waals surface area contributed by atoms with Crippen LogP contribution in [0, 0.1) is 0 Å². The van der Waals surface area contributed by atoms with Crippen LogP contribution in [0.4, 0.5) is 4.79 Å². The van der Waals surface area contributed by atoms with Gasteiger partial charge in [0.25, 0.3) is 0 Å². The van der Waals surface area contributed by atoms with Crippen molar-refractivity contribution in [2.45, 2.75) is 37.8 Å². The SMILES string of the molecule is NC(=O)CN(C(=O)N[C@H](CO)C(=O)O)C1CCCC1. The van der Waals surface area contributed by atoms with Gasteiger partial charge in [0.2, 0.25) is 5.91 Å². The zero-order valence-corrected chi connectivity index (χ0v) is 10.5. The van der Waals surface area contributed by atoms with Gasteiger partial charge in [-0.1, -0.05) is 12.8 Å². The maximum Gasteiger partial charge on any atom is 0.328 e. The van der Waals surface area contributed by atoms with Crippen molar-refractivity contribution in [3.8, 4) is 0 Å². The summed E-state index contributed by atoms with van der Waals surface area (Å²) >= 11 is 0. The monoisotopic (exact) mass is 273 g/mol.